The van der Waals surface area contributed by atoms with Crippen molar-refractivity contribution in [2.24, 2.45) is 23.7 Å². The first-order chi connectivity index (χ1) is 15.0. The van der Waals surface area contributed by atoms with Crippen LogP contribution in [-0.4, -0.2) is 23.3 Å². The molecule has 1 unspecified atom stereocenters. The molecule has 1 aromatic rings. The lowest BCUT2D eigenvalue weighted by atomic mass is 9.69. The van der Waals surface area contributed by atoms with Crippen LogP contribution >= 0.6 is 0 Å². The number of aliphatic hydroxyl groups excluding tert-OH is 1. The smallest absolute Gasteiger partial charge is 0.338 e. The second-order valence-corrected chi connectivity index (χ2v) is 8.89. The number of benzene rings is 1. The molecule has 1 aromatic carbocycles. The summed E-state index contributed by atoms with van der Waals surface area (Å²) in [5.41, 5.74) is 0.538. The van der Waals surface area contributed by atoms with Crippen molar-refractivity contribution in [3.05, 3.63) is 60.7 Å². The molecule has 0 radical (unpaired) electrons. The first-order valence-electron chi connectivity index (χ1n) is 11.6. The summed E-state index contributed by atoms with van der Waals surface area (Å²) >= 11 is 0. The first kappa shape index (κ1) is 25.0. The van der Waals surface area contributed by atoms with Crippen molar-refractivity contribution in [2.45, 2.75) is 71.5 Å². The number of carbonyl (C=O) groups is 1. The van der Waals surface area contributed by atoms with Crippen LogP contribution in [0.3, 0.4) is 0 Å². The second kappa shape index (κ2) is 13.2. The summed E-state index contributed by atoms with van der Waals surface area (Å²) in [5, 5.41) is 11.0. The van der Waals surface area contributed by atoms with E-state index in [1.807, 2.05) is 31.2 Å². The van der Waals surface area contributed by atoms with Gasteiger partial charge in [-0.1, -0.05) is 56.7 Å². The van der Waals surface area contributed by atoms with E-state index in [0.29, 0.717) is 17.9 Å². The molecule has 1 fully saturated rings. The van der Waals surface area contributed by atoms with Gasteiger partial charge in [0, 0.05) is 18.3 Å². The molecule has 0 saturated heterocycles. The summed E-state index contributed by atoms with van der Waals surface area (Å²) in [6.07, 6.45) is 10.4. The van der Waals surface area contributed by atoms with Crippen molar-refractivity contribution in [3.63, 3.8) is 0 Å². The Morgan fingerprint density at radius 3 is 2.68 bits per heavy atom. The van der Waals surface area contributed by atoms with Crippen molar-refractivity contribution in [2.75, 3.05) is 0 Å². The third kappa shape index (κ3) is 7.71. The molecule has 0 aromatic heterocycles. The van der Waals surface area contributed by atoms with E-state index < -0.39 is 12.2 Å². The highest BCUT2D eigenvalue weighted by Crippen LogP contribution is 2.40. The van der Waals surface area contributed by atoms with E-state index in [9.17, 15) is 9.90 Å². The van der Waals surface area contributed by atoms with Gasteiger partial charge < -0.3 is 9.84 Å². The molecular formula is C28H38O3. The third-order valence-electron chi connectivity index (χ3n) is 6.13. The van der Waals surface area contributed by atoms with E-state index in [2.05, 4.69) is 44.4 Å². The molecule has 0 heterocycles. The number of hydrogen-bond donors (Lipinski definition) is 1. The molecule has 1 N–H and O–H groups in total. The Labute approximate surface area is 188 Å². The van der Waals surface area contributed by atoms with Gasteiger partial charge in [0.1, 0.15) is 6.10 Å². The quantitative estimate of drug-likeness (QED) is 0.277. The van der Waals surface area contributed by atoms with Crippen LogP contribution in [0.5, 0.6) is 0 Å². The van der Waals surface area contributed by atoms with E-state index in [1.165, 1.54) is 0 Å². The SMILES string of the molecule is C=CC[C@@H]1CCC[C@H](O)[C@H]1[C@H](OC(=O)c1ccccc1)C(CC#CC)C/C=C/C(C)C. The van der Waals surface area contributed by atoms with Gasteiger partial charge in [0.2, 0.25) is 0 Å². The minimum Gasteiger partial charge on any atom is -0.458 e. The molecule has 3 heteroatoms. The molecule has 0 amide bonds. The van der Waals surface area contributed by atoms with Crippen LogP contribution in [0.1, 0.15) is 69.7 Å². The minimum absolute atomic E-state index is 0.0279. The fourth-order valence-corrected chi connectivity index (χ4v) is 4.61. The molecule has 1 aliphatic rings. The van der Waals surface area contributed by atoms with E-state index in [0.717, 1.165) is 32.1 Å². The van der Waals surface area contributed by atoms with Gasteiger partial charge in [-0.2, -0.15) is 0 Å². The van der Waals surface area contributed by atoms with Gasteiger partial charge in [-0.05, 0) is 56.6 Å². The Bertz CT molecular complexity index is 768. The molecule has 1 aliphatic carbocycles. The highest BCUT2D eigenvalue weighted by molar-refractivity contribution is 5.89. The van der Waals surface area contributed by atoms with Crippen molar-refractivity contribution in [1.29, 1.82) is 0 Å². The number of hydrogen-bond acceptors (Lipinski definition) is 3. The Morgan fingerprint density at radius 1 is 1.29 bits per heavy atom. The van der Waals surface area contributed by atoms with Crippen molar-refractivity contribution >= 4 is 5.97 Å². The van der Waals surface area contributed by atoms with Gasteiger partial charge in [-0.15, -0.1) is 18.4 Å². The maximum absolute atomic E-state index is 13.1. The monoisotopic (exact) mass is 422 g/mol. The van der Waals surface area contributed by atoms with E-state index in [4.69, 9.17) is 4.74 Å². The maximum atomic E-state index is 13.1. The van der Waals surface area contributed by atoms with E-state index in [1.54, 1.807) is 12.1 Å². The standard InChI is InChI=1S/C28H38O3/c1-5-7-15-23(19-11-14-21(3)4)27(31-28(30)24-16-9-8-10-17-24)26-22(13-6-2)18-12-20-25(26)29/h6,8-11,14,16-17,21-23,25-27,29H,2,12-13,15,18-20H2,1,3-4H3/b14-11+/t22-,23?,25+,26+,27-/m1/s1. The lowest BCUT2D eigenvalue weighted by Gasteiger charge is -2.42. The molecule has 31 heavy (non-hydrogen) atoms. The number of ether oxygens (including phenoxy) is 1. The Balaban J connectivity index is 2.39. The molecule has 1 saturated carbocycles. The molecule has 0 aliphatic heterocycles. The van der Waals surface area contributed by atoms with Crippen LogP contribution in [0.4, 0.5) is 0 Å². The van der Waals surface area contributed by atoms with E-state index >= 15 is 0 Å². The van der Waals surface area contributed by atoms with Crippen LogP contribution < -0.4 is 0 Å². The fraction of sp³-hybridized carbons (Fsp3) is 0.536. The Morgan fingerprint density at radius 2 is 2.03 bits per heavy atom. The lowest BCUT2D eigenvalue weighted by molar-refractivity contribution is -0.0770. The largest absolute Gasteiger partial charge is 0.458 e. The minimum atomic E-state index is -0.488. The van der Waals surface area contributed by atoms with Crippen molar-refractivity contribution in [3.8, 4) is 11.8 Å². The molecule has 168 valence electrons. The number of esters is 1. The summed E-state index contributed by atoms with van der Waals surface area (Å²) in [5.74, 6) is 6.49. The maximum Gasteiger partial charge on any atom is 0.338 e. The van der Waals surface area contributed by atoms with Crippen LogP contribution in [0.15, 0.2) is 55.1 Å². The topological polar surface area (TPSA) is 46.5 Å². The van der Waals surface area contributed by atoms with Gasteiger partial charge in [0.05, 0.1) is 11.7 Å². The summed E-state index contributed by atoms with van der Waals surface area (Å²) < 4.78 is 6.20. The first-order valence-corrected chi connectivity index (χ1v) is 11.6. The predicted octanol–water partition coefficient (Wildman–Crippen LogP) is 6.20. The zero-order valence-corrected chi connectivity index (χ0v) is 19.3. The summed E-state index contributed by atoms with van der Waals surface area (Å²) in [6.45, 7) is 10.1. The fourth-order valence-electron chi connectivity index (χ4n) is 4.61. The predicted molar refractivity (Wildman–Crippen MR) is 127 cm³/mol. The molecule has 0 bridgehead atoms. The Hall–Kier alpha value is -2.31. The number of allylic oxidation sites excluding steroid dienone is 3. The summed E-state index contributed by atoms with van der Waals surface area (Å²) in [7, 11) is 0. The van der Waals surface area contributed by atoms with Gasteiger partial charge >= 0.3 is 5.97 Å². The lowest BCUT2D eigenvalue weighted by Crippen LogP contribution is -2.46. The number of aliphatic hydroxyl groups is 1. The molecular weight excluding hydrogens is 384 g/mol. The van der Waals surface area contributed by atoms with Crippen LogP contribution in [-0.2, 0) is 4.74 Å². The van der Waals surface area contributed by atoms with E-state index in [-0.39, 0.29) is 23.7 Å². The molecule has 5 atom stereocenters. The van der Waals surface area contributed by atoms with Gasteiger partial charge in [-0.25, -0.2) is 4.79 Å². The average molecular weight is 423 g/mol. The number of carbonyl (C=O) groups excluding carboxylic acids is 1. The molecule has 3 nitrogen and oxygen atoms in total. The van der Waals surface area contributed by atoms with Crippen molar-refractivity contribution in [1.82, 2.24) is 0 Å². The Kier molecular flexibility index (Phi) is 10.6. The van der Waals surface area contributed by atoms with Gasteiger partial charge in [0.25, 0.3) is 0 Å². The normalized spacial score (nSPS) is 23.1. The van der Waals surface area contributed by atoms with Crippen molar-refractivity contribution < 1.29 is 14.6 Å². The van der Waals surface area contributed by atoms with Crippen LogP contribution in [0.25, 0.3) is 0 Å². The highest BCUT2D eigenvalue weighted by Gasteiger charge is 2.42. The summed E-state index contributed by atoms with van der Waals surface area (Å²) in [4.78, 5) is 13.1. The molecule has 2 rings (SSSR count). The number of rotatable bonds is 10. The van der Waals surface area contributed by atoms with Gasteiger partial charge in [-0.3, -0.25) is 0 Å². The zero-order chi connectivity index (χ0) is 22.6. The zero-order valence-electron chi connectivity index (χ0n) is 19.3. The highest BCUT2D eigenvalue weighted by atomic mass is 16.5. The van der Waals surface area contributed by atoms with Crippen LogP contribution in [0.2, 0.25) is 0 Å². The van der Waals surface area contributed by atoms with Gasteiger partial charge in [0.15, 0.2) is 0 Å². The third-order valence-corrected chi connectivity index (χ3v) is 6.13. The molecule has 0 spiro atoms. The summed E-state index contributed by atoms with van der Waals surface area (Å²) in [6, 6.07) is 9.12. The second-order valence-electron chi connectivity index (χ2n) is 8.89. The average Bonchev–Trinajstić information content (AvgIpc) is 2.76. The van der Waals surface area contributed by atoms with Crippen LogP contribution in [0, 0.1) is 35.5 Å².